The van der Waals surface area contributed by atoms with Crippen LogP contribution in [0.5, 0.6) is 5.75 Å². The molecule has 1 aromatic carbocycles. The van der Waals surface area contributed by atoms with Crippen LogP contribution in [0.3, 0.4) is 0 Å². The van der Waals surface area contributed by atoms with Crippen molar-refractivity contribution in [3.8, 4) is 17.1 Å². The van der Waals surface area contributed by atoms with E-state index in [2.05, 4.69) is 15.4 Å². The largest absolute Gasteiger partial charge is 0.508 e. The van der Waals surface area contributed by atoms with Crippen molar-refractivity contribution in [2.75, 3.05) is 5.43 Å². The summed E-state index contributed by atoms with van der Waals surface area (Å²) in [4.78, 5) is 8.43. The van der Waals surface area contributed by atoms with E-state index in [-0.39, 0.29) is 5.75 Å². The molecule has 0 radical (unpaired) electrons. The molecule has 0 unspecified atom stereocenters. The molecule has 94 valence electrons. The second-order valence-corrected chi connectivity index (χ2v) is 3.95. The van der Waals surface area contributed by atoms with E-state index in [1.54, 1.807) is 6.92 Å². The zero-order chi connectivity index (χ0) is 13.3. The summed E-state index contributed by atoms with van der Waals surface area (Å²) in [5.41, 5.74) is 4.42. The van der Waals surface area contributed by atoms with Crippen LogP contribution in [0.15, 0.2) is 18.2 Å². The number of nitrogens with one attached hydrogen (secondary N) is 1. The van der Waals surface area contributed by atoms with E-state index in [1.165, 1.54) is 12.1 Å². The second-order valence-electron chi connectivity index (χ2n) is 3.95. The van der Waals surface area contributed by atoms with E-state index >= 15 is 0 Å². The molecule has 6 heteroatoms. The summed E-state index contributed by atoms with van der Waals surface area (Å²) in [6.45, 7) is 3.64. The molecule has 0 atom stereocenters. The lowest BCUT2D eigenvalue weighted by molar-refractivity contribution is 0.469. The molecule has 0 spiro atoms. The van der Waals surface area contributed by atoms with Crippen LogP contribution in [0.4, 0.5) is 10.2 Å². The van der Waals surface area contributed by atoms with Gasteiger partial charge in [0.05, 0.1) is 0 Å². The Morgan fingerprint density at radius 1 is 1.22 bits per heavy atom. The van der Waals surface area contributed by atoms with E-state index in [4.69, 9.17) is 5.84 Å². The Labute approximate surface area is 103 Å². The maximum absolute atomic E-state index is 13.2. The molecule has 0 aliphatic carbocycles. The van der Waals surface area contributed by atoms with E-state index < -0.39 is 5.82 Å². The Bertz CT molecular complexity index is 581. The van der Waals surface area contributed by atoms with Crippen LogP contribution in [0.2, 0.25) is 0 Å². The predicted molar refractivity (Wildman–Crippen MR) is 66.4 cm³/mol. The molecule has 0 saturated heterocycles. The maximum Gasteiger partial charge on any atom is 0.162 e. The average molecular weight is 248 g/mol. The number of phenols is 1. The smallest absolute Gasteiger partial charge is 0.162 e. The van der Waals surface area contributed by atoms with Gasteiger partial charge in [0, 0.05) is 22.9 Å². The van der Waals surface area contributed by atoms with Crippen molar-refractivity contribution >= 4 is 5.82 Å². The summed E-state index contributed by atoms with van der Waals surface area (Å²) in [5.74, 6) is 5.42. The highest BCUT2D eigenvalue weighted by molar-refractivity contribution is 5.61. The third kappa shape index (κ3) is 2.23. The Kier molecular flexibility index (Phi) is 3.12. The zero-order valence-electron chi connectivity index (χ0n) is 10.0. The third-order valence-electron chi connectivity index (χ3n) is 2.67. The minimum atomic E-state index is -0.547. The fraction of sp³-hybridized carbons (Fsp3) is 0.167. The number of hydrogen-bond donors (Lipinski definition) is 3. The van der Waals surface area contributed by atoms with E-state index in [9.17, 15) is 9.50 Å². The van der Waals surface area contributed by atoms with Crippen LogP contribution >= 0.6 is 0 Å². The van der Waals surface area contributed by atoms with Crippen molar-refractivity contribution < 1.29 is 9.50 Å². The summed E-state index contributed by atoms with van der Waals surface area (Å²) in [7, 11) is 0. The highest BCUT2D eigenvalue weighted by atomic mass is 19.1. The van der Waals surface area contributed by atoms with Crippen molar-refractivity contribution in [3.63, 3.8) is 0 Å². The van der Waals surface area contributed by atoms with E-state index in [0.29, 0.717) is 17.2 Å². The predicted octanol–water partition coefficient (Wildman–Crippen LogP) is 1.89. The first kappa shape index (κ1) is 12.3. The van der Waals surface area contributed by atoms with Gasteiger partial charge in [0.2, 0.25) is 0 Å². The monoisotopic (exact) mass is 248 g/mol. The summed E-state index contributed by atoms with van der Waals surface area (Å²) in [5, 5.41) is 9.37. The van der Waals surface area contributed by atoms with Crippen molar-refractivity contribution in [1.29, 1.82) is 0 Å². The molecule has 1 aromatic heterocycles. The average Bonchev–Trinajstić information content (AvgIpc) is 2.31. The minimum absolute atomic E-state index is 0.172. The second kappa shape index (κ2) is 4.58. The molecule has 0 fully saturated rings. The highest BCUT2D eigenvalue weighted by Crippen LogP contribution is 2.25. The fourth-order valence-corrected chi connectivity index (χ4v) is 1.60. The quantitative estimate of drug-likeness (QED) is 0.558. The summed E-state index contributed by atoms with van der Waals surface area (Å²) in [6.07, 6.45) is 0. The van der Waals surface area contributed by atoms with Crippen LogP contribution in [-0.4, -0.2) is 15.1 Å². The molecule has 18 heavy (non-hydrogen) atoms. The number of nitrogens with two attached hydrogens (primary N) is 1. The molecule has 0 aliphatic rings. The Hall–Kier alpha value is -2.21. The van der Waals surface area contributed by atoms with Crippen molar-refractivity contribution in [1.82, 2.24) is 9.97 Å². The Morgan fingerprint density at radius 3 is 2.56 bits per heavy atom. The van der Waals surface area contributed by atoms with Gasteiger partial charge in [0.25, 0.3) is 0 Å². The fourth-order valence-electron chi connectivity index (χ4n) is 1.60. The molecule has 5 nitrogen and oxygen atoms in total. The lowest BCUT2D eigenvalue weighted by atomic mass is 10.1. The Morgan fingerprint density at radius 2 is 1.94 bits per heavy atom. The molecule has 2 aromatic rings. The van der Waals surface area contributed by atoms with Crippen LogP contribution in [0, 0.1) is 19.7 Å². The number of benzene rings is 1. The molecule has 2 rings (SSSR count). The lowest BCUT2D eigenvalue weighted by Gasteiger charge is -2.09. The van der Waals surface area contributed by atoms with Gasteiger partial charge in [-0.3, -0.25) is 0 Å². The van der Waals surface area contributed by atoms with Crippen LogP contribution in [0.1, 0.15) is 11.3 Å². The molecule has 0 saturated carbocycles. The summed E-state index contributed by atoms with van der Waals surface area (Å²) < 4.78 is 13.2. The van der Waals surface area contributed by atoms with Gasteiger partial charge in [0.15, 0.2) is 5.82 Å². The molecule has 0 amide bonds. The normalized spacial score (nSPS) is 10.4. The van der Waals surface area contributed by atoms with E-state index in [1.807, 2.05) is 6.92 Å². The molecule has 0 bridgehead atoms. The number of aryl methyl sites for hydroxylation is 1. The number of phenolic OH excluding ortho intramolecular Hbond substituents is 1. The Balaban J connectivity index is 2.60. The first-order valence-corrected chi connectivity index (χ1v) is 5.33. The lowest BCUT2D eigenvalue weighted by Crippen LogP contribution is -2.12. The van der Waals surface area contributed by atoms with Crippen LogP contribution in [-0.2, 0) is 0 Å². The molecule has 1 heterocycles. The van der Waals surface area contributed by atoms with Gasteiger partial charge in [-0.2, -0.15) is 0 Å². The van der Waals surface area contributed by atoms with Gasteiger partial charge in [-0.1, -0.05) is 0 Å². The molecule has 4 N–H and O–H groups in total. The zero-order valence-corrected chi connectivity index (χ0v) is 10.0. The number of anilines is 1. The van der Waals surface area contributed by atoms with Gasteiger partial charge < -0.3 is 10.5 Å². The van der Waals surface area contributed by atoms with Gasteiger partial charge in [-0.15, -0.1) is 0 Å². The minimum Gasteiger partial charge on any atom is -0.508 e. The molecular weight excluding hydrogens is 235 g/mol. The number of hydrazine groups is 1. The number of halogens is 1. The maximum atomic E-state index is 13.2. The number of aromatic hydroxyl groups is 1. The van der Waals surface area contributed by atoms with Gasteiger partial charge in [-0.05, 0) is 26.0 Å². The van der Waals surface area contributed by atoms with Crippen LogP contribution < -0.4 is 11.3 Å². The van der Waals surface area contributed by atoms with Crippen molar-refractivity contribution in [2.24, 2.45) is 5.84 Å². The van der Waals surface area contributed by atoms with Gasteiger partial charge >= 0.3 is 0 Å². The summed E-state index contributed by atoms with van der Waals surface area (Å²) in [6, 6.07) is 3.67. The number of aromatic nitrogens is 2. The number of nitrogen functional groups attached to an aromatic ring is 1. The SMILES string of the molecule is Cc1nc(-c2cc(O)cc(F)c2)nc(NN)c1C. The standard InChI is InChI=1S/C12H13FN4O/c1-6-7(2)15-12(16-11(6)17-14)8-3-9(13)5-10(18)4-8/h3-5,18H,14H2,1-2H3,(H,15,16,17). The molecular formula is C12H13FN4O. The molecule has 0 aliphatic heterocycles. The first-order chi connectivity index (χ1) is 8.51. The third-order valence-corrected chi connectivity index (χ3v) is 2.67. The van der Waals surface area contributed by atoms with Gasteiger partial charge in [0.1, 0.15) is 17.4 Å². The van der Waals surface area contributed by atoms with E-state index in [0.717, 1.165) is 17.3 Å². The highest BCUT2D eigenvalue weighted by Gasteiger charge is 2.10. The van der Waals surface area contributed by atoms with Crippen molar-refractivity contribution in [2.45, 2.75) is 13.8 Å². The number of hydrogen-bond acceptors (Lipinski definition) is 5. The number of nitrogens with zero attached hydrogens (tertiary/aromatic N) is 2. The topological polar surface area (TPSA) is 84.1 Å². The van der Waals surface area contributed by atoms with Gasteiger partial charge in [-0.25, -0.2) is 20.2 Å². The number of rotatable bonds is 2. The van der Waals surface area contributed by atoms with Crippen LogP contribution in [0.25, 0.3) is 11.4 Å². The first-order valence-electron chi connectivity index (χ1n) is 5.33. The summed E-state index contributed by atoms with van der Waals surface area (Å²) >= 11 is 0. The van der Waals surface area contributed by atoms with Crippen molar-refractivity contribution in [3.05, 3.63) is 35.3 Å².